The molecule has 0 saturated heterocycles. The largest absolute Gasteiger partial charge is 0.409 e. The molecule has 1 aromatic carbocycles. The van der Waals surface area contributed by atoms with Crippen molar-refractivity contribution in [3.63, 3.8) is 0 Å². The molecule has 0 saturated carbocycles. The number of carbonyl (C=O) groups is 2. The fourth-order valence-electron chi connectivity index (χ4n) is 2.15. The Kier molecular flexibility index (Phi) is 5.29. The summed E-state index contributed by atoms with van der Waals surface area (Å²) >= 11 is 0. The second kappa shape index (κ2) is 6.74. The Labute approximate surface area is 123 Å². The Morgan fingerprint density at radius 3 is 2.38 bits per heavy atom. The van der Waals surface area contributed by atoms with Gasteiger partial charge in [0.1, 0.15) is 5.41 Å². The first kappa shape index (κ1) is 16.5. The number of amides is 2. The summed E-state index contributed by atoms with van der Waals surface area (Å²) in [6.07, 6.45) is 0.751. The van der Waals surface area contributed by atoms with Gasteiger partial charge in [-0.15, -0.1) is 0 Å². The summed E-state index contributed by atoms with van der Waals surface area (Å²) in [5.41, 5.74) is 10.5. The molecule has 0 heterocycles. The van der Waals surface area contributed by atoms with Crippen molar-refractivity contribution in [3.05, 3.63) is 29.8 Å². The van der Waals surface area contributed by atoms with E-state index in [0.29, 0.717) is 18.5 Å². The van der Waals surface area contributed by atoms with Crippen LogP contribution in [0.2, 0.25) is 0 Å². The normalized spacial score (nSPS) is 12.0. The molecule has 0 aliphatic rings. The minimum absolute atomic E-state index is 0.143. The van der Waals surface area contributed by atoms with Crippen LogP contribution in [0.25, 0.3) is 0 Å². The smallest absolute Gasteiger partial charge is 0.248 e. The van der Waals surface area contributed by atoms with E-state index in [4.69, 9.17) is 16.7 Å². The van der Waals surface area contributed by atoms with Crippen LogP contribution in [0.1, 0.15) is 37.0 Å². The van der Waals surface area contributed by atoms with E-state index in [0.717, 1.165) is 0 Å². The predicted molar refractivity (Wildman–Crippen MR) is 80.0 cm³/mol. The summed E-state index contributed by atoms with van der Waals surface area (Å²) < 4.78 is 0. The molecule has 7 nitrogen and oxygen atoms in total. The molecule has 0 bridgehead atoms. The third-order valence-corrected chi connectivity index (χ3v) is 3.64. The van der Waals surface area contributed by atoms with E-state index in [-0.39, 0.29) is 11.4 Å². The highest BCUT2D eigenvalue weighted by molar-refractivity contribution is 6.12. The lowest BCUT2D eigenvalue weighted by molar-refractivity contribution is -0.122. The second-order valence-electron chi connectivity index (χ2n) is 4.67. The molecule has 0 radical (unpaired) electrons. The van der Waals surface area contributed by atoms with Gasteiger partial charge in [-0.25, -0.2) is 0 Å². The zero-order valence-corrected chi connectivity index (χ0v) is 12.1. The van der Waals surface area contributed by atoms with Crippen molar-refractivity contribution in [2.24, 2.45) is 22.0 Å². The molecule has 0 aromatic heterocycles. The molecule has 0 aliphatic carbocycles. The Bertz CT molecular complexity index is 565. The Balaban J connectivity index is 3.08. The molecule has 0 spiro atoms. The molecule has 21 heavy (non-hydrogen) atoms. The Hall–Kier alpha value is -2.57. The van der Waals surface area contributed by atoms with Crippen molar-refractivity contribution in [3.8, 4) is 0 Å². The van der Waals surface area contributed by atoms with Gasteiger partial charge in [-0.1, -0.05) is 25.1 Å². The number of nitrogens with two attached hydrogens (primary N) is 2. The van der Waals surface area contributed by atoms with Crippen molar-refractivity contribution in [2.45, 2.75) is 26.7 Å². The van der Waals surface area contributed by atoms with E-state index >= 15 is 0 Å². The highest BCUT2D eigenvalue weighted by Crippen LogP contribution is 2.28. The summed E-state index contributed by atoms with van der Waals surface area (Å²) in [5, 5.41) is 14.5. The van der Waals surface area contributed by atoms with Crippen LogP contribution < -0.4 is 16.8 Å². The van der Waals surface area contributed by atoms with Crippen molar-refractivity contribution in [1.82, 2.24) is 0 Å². The first-order valence-corrected chi connectivity index (χ1v) is 6.60. The number of carbonyl (C=O) groups excluding carboxylic acids is 2. The topological polar surface area (TPSA) is 131 Å². The average Bonchev–Trinajstić information content (AvgIpc) is 2.48. The monoisotopic (exact) mass is 292 g/mol. The number of nitrogens with one attached hydrogen (secondary N) is 1. The third kappa shape index (κ3) is 3.31. The van der Waals surface area contributed by atoms with Gasteiger partial charge in [0.05, 0.1) is 0 Å². The quantitative estimate of drug-likeness (QED) is 0.272. The van der Waals surface area contributed by atoms with E-state index in [2.05, 4.69) is 10.5 Å². The SMILES string of the molecule is CCC(CC)(C(=O)Nc1cccc(C(N)=O)c1)/C(N)=N/O. The van der Waals surface area contributed by atoms with Gasteiger partial charge in [-0.2, -0.15) is 0 Å². The van der Waals surface area contributed by atoms with Crippen molar-refractivity contribution >= 4 is 23.3 Å². The molecule has 1 aromatic rings. The van der Waals surface area contributed by atoms with E-state index in [1.54, 1.807) is 32.0 Å². The lowest BCUT2D eigenvalue weighted by atomic mass is 9.80. The predicted octanol–water partition coefficient (Wildman–Crippen LogP) is 1.28. The molecular weight excluding hydrogens is 272 g/mol. The van der Waals surface area contributed by atoms with E-state index in [1.807, 2.05) is 0 Å². The van der Waals surface area contributed by atoms with Crippen LogP contribution >= 0.6 is 0 Å². The Morgan fingerprint density at radius 1 is 1.29 bits per heavy atom. The first-order chi connectivity index (χ1) is 9.91. The summed E-state index contributed by atoms with van der Waals surface area (Å²) in [4.78, 5) is 23.6. The number of rotatable bonds is 6. The molecule has 7 heteroatoms. The second-order valence-corrected chi connectivity index (χ2v) is 4.67. The molecule has 0 fully saturated rings. The molecule has 2 amide bonds. The minimum Gasteiger partial charge on any atom is -0.409 e. The van der Waals surface area contributed by atoms with Gasteiger partial charge in [-0.3, -0.25) is 9.59 Å². The van der Waals surface area contributed by atoms with E-state index in [9.17, 15) is 9.59 Å². The summed E-state index contributed by atoms with van der Waals surface area (Å²) in [6.45, 7) is 3.56. The molecule has 0 unspecified atom stereocenters. The van der Waals surface area contributed by atoms with Crippen LogP contribution in [0.5, 0.6) is 0 Å². The number of primary amides is 1. The van der Waals surface area contributed by atoms with Crippen LogP contribution in [-0.2, 0) is 4.79 Å². The van der Waals surface area contributed by atoms with E-state index in [1.165, 1.54) is 6.07 Å². The number of amidine groups is 1. The zero-order chi connectivity index (χ0) is 16.0. The van der Waals surface area contributed by atoms with Crippen LogP contribution in [0.3, 0.4) is 0 Å². The fourth-order valence-corrected chi connectivity index (χ4v) is 2.15. The van der Waals surface area contributed by atoms with Crippen LogP contribution in [0, 0.1) is 5.41 Å². The molecule has 6 N–H and O–H groups in total. The van der Waals surface area contributed by atoms with Gasteiger partial charge in [0, 0.05) is 11.3 Å². The maximum Gasteiger partial charge on any atom is 0.248 e. The van der Waals surface area contributed by atoms with Gasteiger partial charge >= 0.3 is 0 Å². The molecule has 0 atom stereocenters. The molecule has 1 rings (SSSR count). The van der Waals surface area contributed by atoms with Crippen molar-refractivity contribution in [1.29, 1.82) is 0 Å². The van der Waals surface area contributed by atoms with Gasteiger partial charge in [-0.05, 0) is 31.0 Å². The maximum atomic E-state index is 12.5. The number of oxime groups is 1. The third-order valence-electron chi connectivity index (χ3n) is 3.64. The average molecular weight is 292 g/mol. The highest BCUT2D eigenvalue weighted by Gasteiger charge is 2.39. The van der Waals surface area contributed by atoms with Gasteiger partial charge in [0.15, 0.2) is 5.84 Å². The minimum atomic E-state index is -1.10. The number of hydrogen-bond donors (Lipinski definition) is 4. The lowest BCUT2D eigenvalue weighted by Crippen LogP contribution is -2.46. The van der Waals surface area contributed by atoms with Gasteiger partial charge in [0.25, 0.3) is 0 Å². The van der Waals surface area contributed by atoms with Crippen LogP contribution in [0.4, 0.5) is 5.69 Å². The molecular formula is C14H20N4O3. The molecule has 114 valence electrons. The van der Waals surface area contributed by atoms with Crippen molar-refractivity contribution < 1.29 is 14.8 Å². The summed E-state index contributed by atoms with van der Waals surface area (Å²) in [5.74, 6) is -1.12. The van der Waals surface area contributed by atoms with Crippen LogP contribution in [-0.4, -0.2) is 22.9 Å². The number of nitrogens with zero attached hydrogens (tertiary/aromatic N) is 1. The summed E-state index contributed by atoms with van der Waals surface area (Å²) in [7, 11) is 0. The number of anilines is 1. The van der Waals surface area contributed by atoms with Gasteiger partial charge in [0.2, 0.25) is 11.8 Å². The molecule has 0 aliphatic heterocycles. The van der Waals surface area contributed by atoms with Gasteiger partial charge < -0.3 is 22.0 Å². The van der Waals surface area contributed by atoms with E-state index < -0.39 is 17.2 Å². The maximum absolute atomic E-state index is 12.5. The van der Waals surface area contributed by atoms with Crippen molar-refractivity contribution in [2.75, 3.05) is 5.32 Å². The lowest BCUT2D eigenvalue weighted by Gasteiger charge is -2.28. The summed E-state index contributed by atoms with van der Waals surface area (Å²) in [6, 6.07) is 6.27. The highest BCUT2D eigenvalue weighted by atomic mass is 16.4. The van der Waals surface area contributed by atoms with Crippen LogP contribution in [0.15, 0.2) is 29.4 Å². The Morgan fingerprint density at radius 2 is 1.90 bits per heavy atom. The first-order valence-electron chi connectivity index (χ1n) is 6.60. The standard InChI is InChI=1S/C14H20N4O3/c1-3-14(4-2,12(16)18-21)13(20)17-10-7-5-6-9(8-10)11(15)19/h5-8,21H,3-4H2,1-2H3,(H2,15,19)(H2,16,18)(H,17,20). The number of benzene rings is 1. The zero-order valence-electron chi connectivity index (χ0n) is 12.1. The fraction of sp³-hybridized carbons (Fsp3) is 0.357. The number of hydrogen-bond acceptors (Lipinski definition) is 4.